The molecule has 2 N–H and O–H groups in total. The molecule has 0 aliphatic heterocycles. The molecular formula is C20H16F4N4OS. The number of aromatic nitrogens is 2. The van der Waals surface area contributed by atoms with Crippen molar-refractivity contribution in [1.82, 2.24) is 15.3 Å². The summed E-state index contributed by atoms with van der Waals surface area (Å²) in [4.78, 5) is 21.3. The number of anilines is 1. The molecule has 0 spiro atoms. The summed E-state index contributed by atoms with van der Waals surface area (Å²) in [5, 5.41) is 5.54. The molecule has 0 fully saturated rings. The number of hydrogen-bond acceptors (Lipinski definition) is 4. The summed E-state index contributed by atoms with van der Waals surface area (Å²) < 4.78 is 52.3. The van der Waals surface area contributed by atoms with Crippen molar-refractivity contribution in [2.45, 2.75) is 29.7 Å². The second-order valence-electron chi connectivity index (χ2n) is 6.22. The summed E-state index contributed by atoms with van der Waals surface area (Å²) in [5.74, 6) is -0.995. The molecule has 2 aromatic carbocycles. The van der Waals surface area contributed by atoms with Crippen molar-refractivity contribution in [3.63, 3.8) is 0 Å². The Morgan fingerprint density at radius 1 is 1.10 bits per heavy atom. The van der Waals surface area contributed by atoms with E-state index in [1.165, 1.54) is 11.8 Å². The van der Waals surface area contributed by atoms with Crippen LogP contribution in [0.2, 0.25) is 0 Å². The number of nitrogens with zero attached hydrogens (tertiary/aromatic N) is 2. The van der Waals surface area contributed by atoms with Crippen molar-refractivity contribution in [3.05, 3.63) is 77.4 Å². The minimum Gasteiger partial charge on any atom is -0.334 e. The largest absolute Gasteiger partial charge is 0.416 e. The quantitative estimate of drug-likeness (QED) is 0.414. The number of aryl methyl sites for hydroxylation is 1. The monoisotopic (exact) mass is 436 g/mol. The van der Waals surface area contributed by atoms with E-state index < -0.39 is 30.1 Å². The maximum Gasteiger partial charge on any atom is 0.416 e. The van der Waals surface area contributed by atoms with Gasteiger partial charge < -0.3 is 10.6 Å². The van der Waals surface area contributed by atoms with E-state index in [0.29, 0.717) is 16.9 Å². The van der Waals surface area contributed by atoms with Gasteiger partial charge in [0.2, 0.25) is 0 Å². The van der Waals surface area contributed by atoms with E-state index in [-0.39, 0.29) is 5.56 Å². The third kappa shape index (κ3) is 5.69. The van der Waals surface area contributed by atoms with Crippen molar-refractivity contribution in [2.24, 2.45) is 0 Å². The molecule has 3 aromatic rings. The van der Waals surface area contributed by atoms with Crippen LogP contribution in [0.3, 0.4) is 0 Å². The lowest BCUT2D eigenvalue weighted by molar-refractivity contribution is -0.138. The van der Waals surface area contributed by atoms with Crippen LogP contribution in [-0.4, -0.2) is 16.0 Å². The smallest absolute Gasteiger partial charge is 0.334 e. The molecule has 156 valence electrons. The summed E-state index contributed by atoms with van der Waals surface area (Å²) >= 11 is 1.35. The maximum absolute atomic E-state index is 13.2. The van der Waals surface area contributed by atoms with E-state index >= 15 is 0 Å². The number of rotatable bonds is 5. The van der Waals surface area contributed by atoms with Crippen LogP contribution in [0.5, 0.6) is 0 Å². The summed E-state index contributed by atoms with van der Waals surface area (Å²) in [6.07, 6.45) is -1.45. The van der Waals surface area contributed by atoms with Gasteiger partial charge in [0.05, 0.1) is 5.56 Å². The summed E-state index contributed by atoms with van der Waals surface area (Å²) in [7, 11) is 0. The van der Waals surface area contributed by atoms with E-state index in [4.69, 9.17) is 0 Å². The van der Waals surface area contributed by atoms with E-state index in [0.717, 1.165) is 22.6 Å². The lowest BCUT2D eigenvalue weighted by Crippen LogP contribution is -2.29. The standard InChI is InChI=1S/C20H16F4N4OS/c1-12-9-15(30-19-25-7-2-8-26-19)5-6-17(12)28-18(29)27-11-13-3-4-14(21)10-16(13)20(22,23)24/h2-10H,11H2,1H3,(H2,27,28,29). The molecule has 0 saturated carbocycles. The van der Waals surface area contributed by atoms with Crippen LogP contribution in [0.15, 0.2) is 64.9 Å². The Labute approximate surface area is 173 Å². The second kappa shape index (κ2) is 9.12. The number of carbonyl (C=O) groups excluding carboxylic acids is 1. The molecule has 0 saturated heterocycles. The van der Waals surface area contributed by atoms with Crippen molar-refractivity contribution >= 4 is 23.5 Å². The van der Waals surface area contributed by atoms with Crippen molar-refractivity contribution in [1.29, 1.82) is 0 Å². The number of hydrogen-bond donors (Lipinski definition) is 2. The fourth-order valence-electron chi connectivity index (χ4n) is 2.59. The fraction of sp³-hybridized carbons (Fsp3) is 0.150. The predicted molar refractivity (Wildman–Crippen MR) is 105 cm³/mol. The van der Waals surface area contributed by atoms with Gasteiger partial charge in [-0.2, -0.15) is 13.2 Å². The Bertz CT molecular complexity index is 1040. The number of halogens is 4. The van der Waals surface area contributed by atoms with Crippen LogP contribution in [0.25, 0.3) is 0 Å². The third-order valence-corrected chi connectivity index (χ3v) is 4.90. The molecule has 0 unspecified atom stereocenters. The average Bonchev–Trinajstić information content (AvgIpc) is 2.69. The van der Waals surface area contributed by atoms with Gasteiger partial charge in [0, 0.05) is 29.5 Å². The summed E-state index contributed by atoms with van der Waals surface area (Å²) in [5.41, 5.74) is -0.0984. The highest BCUT2D eigenvalue weighted by molar-refractivity contribution is 7.99. The first kappa shape index (κ1) is 21.6. The van der Waals surface area contributed by atoms with Gasteiger partial charge in [-0.3, -0.25) is 0 Å². The van der Waals surface area contributed by atoms with Crippen LogP contribution in [0, 0.1) is 12.7 Å². The number of urea groups is 1. The number of benzene rings is 2. The minimum absolute atomic E-state index is 0.231. The number of carbonyl (C=O) groups is 1. The number of nitrogens with one attached hydrogen (secondary N) is 2. The van der Waals surface area contributed by atoms with Gasteiger partial charge in [0.25, 0.3) is 0 Å². The van der Waals surface area contributed by atoms with E-state index in [1.54, 1.807) is 37.5 Å². The van der Waals surface area contributed by atoms with Crippen LogP contribution in [0.1, 0.15) is 16.7 Å². The molecule has 0 atom stereocenters. The van der Waals surface area contributed by atoms with Crippen LogP contribution in [0.4, 0.5) is 28.0 Å². The summed E-state index contributed by atoms with van der Waals surface area (Å²) in [6, 6.07) is 8.64. The zero-order chi connectivity index (χ0) is 21.7. The topological polar surface area (TPSA) is 66.9 Å². The first-order valence-corrected chi connectivity index (χ1v) is 9.50. The Morgan fingerprint density at radius 2 is 1.83 bits per heavy atom. The Morgan fingerprint density at radius 3 is 2.50 bits per heavy atom. The van der Waals surface area contributed by atoms with Gasteiger partial charge in [-0.1, -0.05) is 6.07 Å². The third-order valence-electron chi connectivity index (χ3n) is 4.01. The van der Waals surface area contributed by atoms with Gasteiger partial charge >= 0.3 is 12.2 Å². The Balaban J connectivity index is 1.63. The maximum atomic E-state index is 13.2. The molecule has 1 heterocycles. The van der Waals surface area contributed by atoms with Gasteiger partial charge in [0.1, 0.15) is 5.82 Å². The molecule has 30 heavy (non-hydrogen) atoms. The van der Waals surface area contributed by atoms with E-state index in [1.807, 2.05) is 6.07 Å². The van der Waals surface area contributed by atoms with Gasteiger partial charge in [0.15, 0.2) is 5.16 Å². The van der Waals surface area contributed by atoms with Gasteiger partial charge in [-0.25, -0.2) is 19.2 Å². The molecule has 10 heteroatoms. The first-order chi connectivity index (χ1) is 14.2. The minimum atomic E-state index is -4.72. The van der Waals surface area contributed by atoms with Gasteiger partial charge in [-0.15, -0.1) is 0 Å². The van der Waals surface area contributed by atoms with E-state index in [9.17, 15) is 22.4 Å². The van der Waals surface area contributed by atoms with Crippen LogP contribution in [-0.2, 0) is 12.7 Å². The molecule has 0 radical (unpaired) electrons. The van der Waals surface area contributed by atoms with E-state index in [2.05, 4.69) is 20.6 Å². The molecule has 3 rings (SSSR count). The first-order valence-electron chi connectivity index (χ1n) is 8.68. The van der Waals surface area contributed by atoms with Crippen LogP contribution >= 0.6 is 11.8 Å². The molecule has 0 bridgehead atoms. The van der Waals surface area contributed by atoms with Crippen molar-refractivity contribution in [2.75, 3.05) is 5.32 Å². The van der Waals surface area contributed by atoms with Crippen LogP contribution < -0.4 is 10.6 Å². The SMILES string of the molecule is Cc1cc(Sc2ncccn2)ccc1NC(=O)NCc1ccc(F)cc1C(F)(F)F. The molecule has 2 amide bonds. The second-order valence-corrected chi connectivity index (χ2v) is 7.26. The lowest BCUT2D eigenvalue weighted by Gasteiger charge is -2.15. The van der Waals surface area contributed by atoms with Crippen molar-refractivity contribution in [3.8, 4) is 0 Å². The zero-order valence-corrected chi connectivity index (χ0v) is 16.4. The highest BCUT2D eigenvalue weighted by Gasteiger charge is 2.33. The molecular weight excluding hydrogens is 420 g/mol. The normalized spacial score (nSPS) is 11.2. The zero-order valence-electron chi connectivity index (χ0n) is 15.6. The molecule has 1 aromatic heterocycles. The molecule has 5 nitrogen and oxygen atoms in total. The highest BCUT2D eigenvalue weighted by Crippen LogP contribution is 2.32. The lowest BCUT2D eigenvalue weighted by atomic mass is 10.1. The fourth-order valence-corrected chi connectivity index (χ4v) is 3.40. The highest BCUT2D eigenvalue weighted by atomic mass is 32.2. The Kier molecular flexibility index (Phi) is 6.56. The van der Waals surface area contributed by atoms with Gasteiger partial charge in [-0.05, 0) is 66.2 Å². The molecule has 0 aliphatic carbocycles. The average molecular weight is 436 g/mol. The Hall–Kier alpha value is -3.14. The van der Waals surface area contributed by atoms with Crippen molar-refractivity contribution < 1.29 is 22.4 Å². The number of amides is 2. The predicted octanol–water partition coefficient (Wildman–Crippen LogP) is 5.42. The number of alkyl halides is 3. The summed E-state index contributed by atoms with van der Waals surface area (Å²) in [6.45, 7) is 1.38. The molecule has 0 aliphatic rings.